The summed E-state index contributed by atoms with van der Waals surface area (Å²) in [4.78, 5) is 0. The topological polar surface area (TPSA) is 110 Å². The second-order valence-electron chi connectivity index (χ2n) is 6.25. The van der Waals surface area contributed by atoms with Gasteiger partial charge in [0.2, 0.25) is 0 Å². The SMILES string of the molecule is CC1=C(NCc2ccccc2)N[n+]2ccc3ccccc3c2N1O[Cl+3]([O-])([O-])[O-]. The van der Waals surface area contributed by atoms with E-state index in [1.54, 1.807) is 17.8 Å². The molecule has 1 aromatic heterocycles. The number of hydrogen-bond acceptors (Lipinski definition) is 7. The van der Waals surface area contributed by atoms with Crippen LogP contribution in [0.1, 0.15) is 12.5 Å². The fourth-order valence-corrected chi connectivity index (χ4v) is 3.42. The number of hydrogen-bond donors (Lipinski definition) is 2. The van der Waals surface area contributed by atoms with Crippen LogP contribution in [0.15, 0.2) is 78.4 Å². The zero-order valence-electron chi connectivity index (χ0n) is 15.0. The van der Waals surface area contributed by atoms with Gasteiger partial charge in [-0.3, -0.25) is 0 Å². The summed E-state index contributed by atoms with van der Waals surface area (Å²) >= 11 is 0. The summed E-state index contributed by atoms with van der Waals surface area (Å²) in [6.07, 6.45) is 1.74. The quantitative estimate of drug-likeness (QED) is 0.544. The number of allylic oxidation sites excluding steroid dienone is 1. The van der Waals surface area contributed by atoms with Crippen LogP contribution in [0.3, 0.4) is 0 Å². The zero-order chi connectivity index (χ0) is 19.7. The van der Waals surface area contributed by atoms with Crippen LogP contribution in [-0.2, 0) is 10.9 Å². The fraction of sp³-hybridized carbons (Fsp3) is 0.105. The van der Waals surface area contributed by atoms with E-state index in [4.69, 9.17) is 4.39 Å². The molecule has 0 unspecified atom stereocenters. The maximum Gasteiger partial charge on any atom is 0.358 e. The Kier molecular flexibility index (Phi) is 4.80. The van der Waals surface area contributed by atoms with Crippen molar-refractivity contribution in [1.29, 1.82) is 0 Å². The first kappa shape index (κ1) is 18.5. The molecule has 0 radical (unpaired) electrons. The lowest BCUT2D eigenvalue weighted by molar-refractivity contribution is -1.92. The Morgan fingerprint density at radius 3 is 2.50 bits per heavy atom. The smallest absolute Gasteiger partial charge is 0.358 e. The van der Waals surface area contributed by atoms with Gasteiger partial charge < -0.3 is 5.32 Å². The van der Waals surface area contributed by atoms with Crippen molar-refractivity contribution in [2.24, 2.45) is 0 Å². The molecule has 4 rings (SSSR count). The van der Waals surface area contributed by atoms with E-state index in [1.807, 2.05) is 60.7 Å². The molecule has 9 heteroatoms. The molecular formula is C19H18ClN4O4+. The summed E-state index contributed by atoms with van der Waals surface area (Å²) in [7, 11) is -4.69. The number of nitrogens with one attached hydrogen (secondary N) is 2. The highest BCUT2D eigenvalue weighted by molar-refractivity contribution is 5.91. The van der Waals surface area contributed by atoms with Gasteiger partial charge in [0.15, 0.2) is 11.5 Å². The summed E-state index contributed by atoms with van der Waals surface area (Å²) in [6.45, 7) is 2.16. The summed E-state index contributed by atoms with van der Waals surface area (Å²) in [6, 6.07) is 19.0. The van der Waals surface area contributed by atoms with Gasteiger partial charge in [-0.1, -0.05) is 48.5 Å². The van der Waals surface area contributed by atoms with Crippen molar-refractivity contribution in [2.75, 3.05) is 10.5 Å². The van der Waals surface area contributed by atoms with Gasteiger partial charge >= 0.3 is 5.82 Å². The van der Waals surface area contributed by atoms with E-state index < -0.39 is 10.2 Å². The molecule has 0 bridgehead atoms. The van der Waals surface area contributed by atoms with Crippen molar-refractivity contribution in [2.45, 2.75) is 13.5 Å². The van der Waals surface area contributed by atoms with Crippen LogP contribution in [0.4, 0.5) is 5.82 Å². The molecule has 144 valence electrons. The molecule has 0 fully saturated rings. The number of anilines is 1. The van der Waals surface area contributed by atoms with Crippen LogP contribution in [0, 0.1) is 10.2 Å². The first-order chi connectivity index (χ1) is 13.4. The molecule has 0 atom stereocenters. The Balaban J connectivity index is 1.74. The molecule has 3 aromatic rings. The maximum atomic E-state index is 11.4. The summed E-state index contributed by atoms with van der Waals surface area (Å²) in [5, 5.41) is 5.84. The molecule has 0 saturated heterocycles. The van der Waals surface area contributed by atoms with E-state index in [2.05, 4.69) is 10.7 Å². The highest BCUT2D eigenvalue weighted by atomic mass is 35.7. The molecule has 0 spiro atoms. The molecule has 2 N–H and O–H groups in total. The van der Waals surface area contributed by atoms with E-state index >= 15 is 0 Å². The lowest BCUT2D eigenvalue weighted by Gasteiger charge is -2.24. The van der Waals surface area contributed by atoms with Crippen molar-refractivity contribution >= 4 is 16.6 Å². The molecule has 1 aliphatic rings. The maximum absolute atomic E-state index is 11.4. The molecular weight excluding hydrogens is 384 g/mol. The first-order valence-electron chi connectivity index (χ1n) is 8.52. The van der Waals surface area contributed by atoms with Gasteiger partial charge in [0.1, 0.15) is 16.4 Å². The van der Waals surface area contributed by atoms with Crippen LogP contribution in [-0.4, -0.2) is 0 Å². The largest absolute Gasteiger partial charge is 0.362 e. The van der Waals surface area contributed by atoms with Gasteiger partial charge in [0, 0.05) is 13.5 Å². The normalized spacial score (nSPS) is 14.1. The average molecular weight is 402 g/mol. The Morgan fingerprint density at radius 2 is 1.75 bits per heavy atom. The Labute approximate surface area is 163 Å². The predicted octanol–water partition coefficient (Wildman–Crippen LogP) is -0.701. The Bertz CT molecular complexity index is 1040. The highest BCUT2D eigenvalue weighted by Crippen LogP contribution is 2.29. The zero-order valence-corrected chi connectivity index (χ0v) is 15.7. The van der Waals surface area contributed by atoms with Gasteiger partial charge in [-0.2, -0.15) is 14.0 Å². The van der Waals surface area contributed by atoms with Gasteiger partial charge in [-0.15, -0.1) is 4.68 Å². The Morgan fingerprint density at radius 1 is 1.04 bits per heavy atom. The minimum atomic E-state index is -4.69. The van der Waals surface area contributed by atoms with Crippen LogP contribution >= 0.6 is 0 Å². The Hall–Kier alpha value is -2.88. The van der Waals surface area contributed by atoms with Crippen molar-refractivity contribution < 1.29 is 33.3 Å². The third kappa shape index (κ3) is 3.72. The molecule has 2 heterocycles. The van der Waals surface area contributed by atoms with E-state index in [1.165, 1.54) is 0 Å². The lowest BCUT2D eigenvalue weighted by atomic mass is 10.1. The minimum absolute atomic E-state index is 0.382. The van der Waals surface area contributed by atoms with Gasteiger partial charge in [0.05, 0.1) is 10.4 Å². The molecule has 28 heavy (non-hydrogen) atoms. The monoisotopic (exact) mass is 401 g/mol. The number of fused-ring (bicyclic) bond motifs is 3. The third-order valence-electron chi connectivity index (χ3n) is 4.39. The van der Waals surface area contributed by atoms with Crippen molar-refractivity contribution in [1.82, 2.24) is 5.32 Å². The van der Waals surface area contributed by atoms with Crippen LogP contribution in [0.5, 0.6) is 0 Å². The molecule has 0 amide bonds. The second kappa shape index (κ2) is 7.27. The number of benzene rings is 2. The number of nitrogens with zero attached hydrogens (tertiary/aromatic N) is 2. The molecule has 1 aliphatic heterocycles. The van der Waals surface area contributed by atoms with Crippen molar-refractivity contribution in [3.8, 4) is 0 Å². The molecule has 2 aromatic carbocycles. The summed E-state index contributed by atoms with van der Waals surface area (Å²) < 4.78 is 40.4. The van der Waals surface area contributed by atoms with Crippen LogP contribution in [0.2, 0.25) is 0 Å². The van der Waals surface area contributed by atoms with Gasteiger partial charge in [-0.05, 0) is 23.1 Å². The summed E-state index contributed by atoms with van der Waals surface area (Å²) in [5.41, 5.74) is 4.63. The number of halogens is 1. The van der Waals surface area contributed by atoms with Crippen LogP contribution in [0.25, 0.3) is 10.8 Å². The lowest BCUT2D eigenvalue weighted by Crippen LogP contribution is -2.65. The molecule has 8 nitrogen and oxygen atoms in total. The standard InChI is InChI=1S/C19H18ClN4O4/c1-14-18(21-13-15-7-3-2-4-8-15)22-23-12-11-16-9-5-6-10-17(16)19(23)24(14)28-20(25,26)27/h2-12,21-22H,13H2,1H3/q+1. The number of pyridine rings is 1. The van der Waals surface area contributed by atoms with Crippen LogP contribution < -0.4 is 34.5 Å². The average Bonchev–Trinajstić information content (AvgIpc) is 2.68. The van der Waals surface area contributed by atoms with Crippen molar-refractivity contribution in [3.63, 3.8) is 0 Å². The third-order valence-corrected chi connectivity index (χ3v) is 4.70. The highest BCUT2D eigenvalue weighted by Gasteiger charge is 2.44. The predicted molar refractivity (Wildman–Crippen MR) is 93.0 cm³/mol. The summed E-state index contributed by atoms with van der Waals surface area (Å²) in [5.74, 6) is 0.892. The first-order valence-corrected chi connectivity index (χ1v) is 9.75. The van der Waals surface area contributed by atoms with Gasteiger partial charge in [-0.25, -0.2) is 5.43 Å². The molecule has 0 saturated carbocycles. The fourth-order valence-electron chi connectivity index (χ4n) is 3.08. The minimum Gasteiger partial charge on any atom is -0.362 e. The number of hydroxylamine groups is 1. The van der Waals surface area contributed by atoms with E-state index in [0.29, 0.717) is 23.9 Å². The number of rotatable bonds is 5. The number of aromatic nitrogens is 1. The van der Waals surface area contributed by atoms with E-state index in [-0.39, 0.29) is 0 Å². The van der Waals surface area contributed by atoms with Crippen molar-refractivity contribution in [3.05, 3.63) is 83.9 Å². The molecule has 0 aliphatic carbocycles. The van der Waals surface area contributed by atoms with E-state index in [9.17, 15) is 14.0 Å². The second-order valence-corrected chi connectivity index (χ2v) is 7.14. The van der Waals surface area contributed by atoms with Gasteiger partial charge in [0.25, 0.3) is 4.39 Å². The van der Waals surface area contributed by atoms with E-state index in [0.717, 1.165) is 21.4 Å².